The van der Waals surface area contributed by atoms with Crippen molar-refractivity contribution in [3.05, 3.63) is 41.0 Å². The van der Waals surface area contributed by atoms with E-state index in [9.17, 15) is 9.18 Å². The number of nitrogen functional groups attached to an aromatic ring is 1. The lowest BCUT2D eigenvalue weighted by Gasteiger charge is -2.01. The van der Waals surface area contributed by atoms with Gasteiger partial charge in [0.15, 0.2) is 0 Å². The predicted octanol–water partition coefficient (Wildman–Crippen LogP) is 2.83. The summed E-state index contributed by atoms with van der Waals surface area (Å²) in [5.74, 6) is -1.42. The highest BCUT2D eigenvalue weighted by atomic mass is 32.1. The van der Waals surface area contributed by atoms with Crippen molar-refractivity contribution < 1.29 is 14.3 Å². The molecule has 0 bridgehead atoms. The van der Waals surface area contributed by atoms with Crippen LogP contribution in [-0.4, -0.2) is 11.1 Å². The minimum Gasteiger partial charge on any atom is -0.477 e. The molecule has 3 nitrogen and oxygen atoms in total. The van der Waals surface area contributed by atoms with E-state index in [4.69, 9.17) is 10.8 Å². The van der Waals surface area contributed by atoms with E-state index in [1.54, 1.807) is 6.07 Å². The fourth-order valence-electron chi connectivity index (χ4n) is 1.33. The van der Waals surface area contributed by atoms with Crippen molar-refractivity contribution in [3.63, 3.8) is 0 Å². The van der Waals surface area contributed by atoms with Crippen LogP contribution in [0.25, 0.3) is 10.4 Å². The van der Waals surface area contributed by atoms with Gasteiger partial charge in [0.05, 0.1) is 0 Å². The molecule has 0 fully saturated rings. The maximum absolute atomic E-state index is 13.5. The van der Waals surface area contributed by atoms with Gasteiger partial charge in [-0.1, -0.05) is 0 Å². The Balaban J connectivity index is 2.50. The first kappa shape index (κ1) is 10.6. The van der Waals surface area contributed by atoms with Crippen LogP contribution in [0.3, 0.4) is 0 Å². The molecule has 0 saturated carbocycles. The van der Waals surface area contributed by atoms with Crippen molar-refractivity contribution >= 4 is 23.0 Å². The Hall–Kier alpha value is -1.88. The number of benzene rings is 1. The highest BCUT2D eigenvalue weighted by Crippen LogP contribution is 2.31. The number of anilines is 1. The molecule has 0 unspecified atom stereocenters. The number of hydrogen-bond donors (Lipinski definition) is 2. The first-order chi connectivity index (χ1) is 7.58. The number of thiophene rings is 1. The van der Waals surface area contributed by atoms with Crippen LogP contribution in [0.1, 0.15) is 9.67 Å². The van der Waals surface area contributed by atoms with Gasteiger partial charge >= 0.3 is 5.97 Å². The molecule has 0 radical (unpaired) electrons. The fourth-order valence-corrected chi connectivity index (χ4v) is 2.19. The van der Waals surface area contributed by atoms with Crippen LogP contribution in [0.5, 0.6) is 0 Å². The van der Waals surface area contributed by atoms with E-state index < -0.39 is 11.8 Å². The molecule has 1 heterocycles. The van der Waals surface area contributed by atoms with Gasteiger partial charge < -0.3 is 10.8 Å². The summed E-state index contributed by atoms with van der Waals surface area (Å²) in [5, 5.41) is 8.76. The van der Waals surface area contributed by atoms with E-state index in [1.165, 1.54) is 24.3 Å². The number of hydrogen-bond acceptors (Lipinski definition) is 3. The first-order valence-electron chi connectivity index (χ1n) is 4.46. The molecule has 0 amide bonds. The lowest BCUT2D eigenvalue weighted by atomic mass is 10.1. The average molecular weight is 237 g/mol. The van der Waals surface area contributed by atoms with Crippen molar-refractivity contribution in [2.45, 2.75) is 0 Å². The maximum Gasteiger partial charge on any atom is 0.345 e. The third kappa shape index (κ3) is 1.90. The van der Waals surface area contributed by atoms with Gasteiger partial charge in [0.2, 0.25) is 0 Å². The standard InChI is InChI=1S/C11H8FNO2S/c12-8-2-1-6(13)5-7(8)9-3-4-10(16-9)11(14)15/h1-5H,13H2,(H,14,15). The summed E-state index contributed by atoms with van der Waals surface area (Å²) in [7, 11) is 0. The summed E-state index contributed by atoms with van der Waals surface area (Å²) in [4.78, 5) is 11.4. The maximum atomic E-state index is 13.5. The van der Waals surface area contributed by atoms with Gasteiger partial charge in [0.1, 0.15) is 10.7 Å². The number of carbonyl (C=O) groups is 1. The number of nitrogens with two attached hydrogens (primary N) is 1. The van der Waals surface area contributed by atoms with Gasteiger partial charge in [-0.15, -0.1) is 11.3 Å². The lowest BCUT2D eigenvalue weighted by molar-refractivity contribution is 0.0702. The molecule has 0 aliphatic rings. The molecule has 5 heteroatoms. The van der Waals surface area contributed by atoms with Crippen LogP contribution in [0.15, 0.2) is 30.3 Å². The molecule has 82 valence electrons. The Morgan fingerprint density at radius 1 is 1.31 bits per heavy atom. The molecule has 16 heavy (non-hydrogen) atoms. The molecule has 1 aromatic carbocycles. The van der Waals surface area contributed by atoms with Crippen molar-refractivity contribution in [2.24, 2.45) is 0 Å². The molecule has 1 aromatic heterocycles. The van der Waals surface area contributed by atoms with E-state index >= 15 is 0 Å². The van der Waals surface area contributed by atoms with Crippen LogP contribution < -0.4 is 5.73 Å². The van der Waals surface area contributed by atoms with Gasteiger partial charge in [-0.25, -0.2) is 9.18 Å². The largest absolute Gasteiger partial charge is 0.477 e. The first-order valence-corrected chi connectivity index (χ1v) is 5.28. The number of carboxylic acids is 1. The van der Waals surface area contributed by atoms with Crippen LogP contribution in [-0.2, 0) is 0 Å². The monoisotopic (exact) mass is 237 g/mol. The molecule has 2 aromatic rings. The zero-order valence-electron chi connectivity index (χ0n) is 8.11. The lowest BCUT2D eigenvalue weighted by Crippen LogP contribution is -1.89. The summed E-state index contributed by atoms with van der Waals surface area (Å²) in [5.41, 5.74) is 6.33. The summed E-state index contributed by atoms with van der Waals surface area (Å²) in [6.45, 7) is 0. The summed E-state index contributed by atoms with van der Waals surface area (Å²) < 4.78 is 13.5. The number of aromatic carboxylic acids is 1. The van der Waals surface area contributed by atoms with E-state index in [0.717, 1.165) is 11.3 Å². The van der Waals surface area contributed by atoms with E-state index in [2.05, 4.69) is 0 Å². The highest BCUT2D eigenvalue weighted by Gasteiger charge is 2.11. The smallest absolute Gasteiger partial charge is 0.345 e. The molecule has 3 N–H and O–H groups in total. The van der Waals surface area contributed by atoms with Crippen LogP contribution >= 0.6 is 11.3 Å². The Labute approximate surface area is 95.0 Å². The molecule has 0 aliphatic heterocycles. The Morgan fingerprint density at radius 3 is 2.69 bits per heavy atom. The zero-order valence-corrected chi connectivity index (χ0v) is 8.92. The molecule has 0 saturated heterocycles. The number of carboxylic acid groups (broad SMARTS) is 1. The Kier molecular flexibility index (Phi) is 2.62. The van der Waals surface area contributed by atoms with Crippen molar-refractivity contribution in [3.8, 4) is 10.4 Å². The van der Waals surface area contributed by atoms with Gasteiger partial charge in [0, 0.05) is 16.1 Å². The Morgan fingerprint density at radius 2 is 2.06 bits per heavy atom. The molecular weight excluding hydrogens is 229 g/mol. The van der Waals surface area contributed by atoms with Crippen molar-refractivity contribution in [2.75, 3.05) is 5.73 Å². The van der Waals surface area contributed by atoms with E-state index in [-0.39, 0.29) is 4.88 Å². The average Bonchev–Trinajstić information content (AvgIpc) is 2.70. The summed E-state index contributed by atoms with van der Waals surface area (Å²) in [6.07, 6.45) is 0. The second kappa shape index (κ2) is 3.94. The molecule has 0 atom stereocenters. The zero-order chi connectivity index (χ0) is 11.7. The molecular formula is C11H8FNO2S. The van der Waals surface area contributed by atoms with Gasteiger partial charge in [-0.05, 0) is 30.3 Å². The summed E-state index contributed by atoms with van der Waals surface area (Å²) in [6, 6.07) is 7.25. The molecule has 2 rings (SSSR count). The Bertz CT molecular complexity index is 551. The normalized spacial score (nSPS) is 10.3. The predicted molar refractivity (Wildman–Crippen MR) is 61.1 cm³/mol. The molecule has 0 aliphatic carbocycles. The quantitative estimate of drug-likeness (QED) is 0.789. The van der Waals surface area contributed by atoms with Crippen molar-refractivity contribution in [1.82, 2.24) is 0 Å². The van der Waals surface area contributed by atoms with E-state index in [0.29, 0.717) is 16.1 Å². The fraction of sp³-hybridized carbons (Fsp3) is 0. The number of rotatable bonds is 2. The van der Waals surface area contributed by atoms with Gasteiger partial charge in [-0.3, -0.25) is 0 Å². The van der Waals surface area contributed by atoms with Crippen LogP contribution in [0, 0.1) is 5.82 Å². The van der Waals surface area contributed by atoms with Crippen LogP contribution in [0.4, 0.5) is 10.1 Å². The van der Waals surface area contributed by atoms with E-state index in [1.807, 2.05) is 0 Å². The third-order valence-corrected chi connectivity index (χ3v) is 3.18. The van der Waals surface area contributed by atoms with Crippen LogP contribution in [0.2, 0.25) is 0 Å². The minimum absolute atomic E-state index is 0.178. The molecule has 0 spiro atoms. The topological polar surface area (TPSA) is 63.3 Å². The second-order valence-electron chi connectivity index (χ2n) is 3.21. The van der Waals surface area contributed by atoms with Gasteiger partial charge in [0.25, 0.3) is 0 Å². The van der Waals surface area contributed by atoms with Gasteiger partial charge in [-0.2, -0.15) is 0 Å². The SMILES string of the molecule is Nc1ccc(F)c(-c2ccc(C(=O)O)s2)c1. The third-order valence-electron chi connectivity index (χ3n) is 2.07. The van der Waals surface area contributed by atoms with Crippen molar-refractivity contribution in [1.29, 1.82) is 0 Å². The second-order valence-corrected chi connectivity index (χ2v) is 4.29. The summed E-state index contributed by atoms with van der Waals surface area (Å²) >= 11 is 1.02. The number of halogens is 1. The minimum atomic E-state index is -1.01. The highest BCUT2D eigenvalue weighted by molar-refractivity contribution is 7.17.